The van der Waals surface area contributed by atoms with Crippen molar-refractivity contribution >= 4 is 29.1 Å². The maximum atomic E-state index is 12.5. The first-order chi connectivity index (χ1) is 16.1. The van der Waals surface area contributed by atoms with Crippen molar-refractivity contribution in [3.05, 3.63) is 78.4 Å². The fourth-order valence-electron chi connectivity index (χ4n) is 3.08. The molecule has 0 spiro atoms. The Morgan fingerprint density at radius 2 is 1.67 bits per heavy atom. The van der Waals surface area contributed by atoms with Gasteiger partial charge in [0.1, 0.15) is 0 Å². The Morgan fingerprint density at radius 3 is 2.36 bits per heavy atom. The second-order valence-electron chi connectivity index (χ2n) is 7.04. The van der Waals surface area contributed by atoms with E-state index in [-0.39, 0.29) is 0 Å². The van der Waals surface area contributed by atoms with Crippen molar-refractivity contribution in [2.75, 3.05) is 12.5 Å². The zero-order chi connectivity index (χ0) is 23.2. The van der Waals surface area contributed by atoms with Crippen LogP contribution in [0.3, 0.4) is 0 Å². The van der Waals surface area contributed by atoms with E-state index in [1.54, 1.807) is 53.9 Å². The highest BCUT2D eigenvalue weighted by Gasteiger charge is 2.25. The lowest BCUT2D eigenvalue weighted by atomic mass is 10.1. The lowest BCUT2D eigenvalue weighted by molar-refractivity contribution is -0.141. The fraction of sp³-hybridized carbons (Fsp3) is 0.130. The Labute approximate surface area is 189 Å². The molecule has 0 saturated heterocycles. The number of anilines is 1. The third-order valence-electron chi connectivity index (χ3n) is 4.81. The molecule has 0 aliphatic carbocycles. The van der Waals surface area contributed by atoms with Crippen molar-refractivity contribution in [1.82, 2.24) is 25.1 Å². The van der Waals surface area contributed by atoms with E-state index in [4.69, 9.17) is 4.74 Å². The molecule has 2 heterocycles. The van der Waals surface area contributed by atoms with E-state index >= 15 is 0 Å². The average Bonchev–Trinajstić information content (AvgIpc) is 3.29. The number of ether oxygens (including phenoxy) is 1. The van der Waals surface area contributed by atoms with Crippen LogP contribution in [0.25, 0.3) is 17.0 Å². The number of rotatable bonds is 7. The SMILES string of the molecule is COC(=O)C(NC(=O)c1ccccc1)/C(C)=N/Nc1ccc2nnc(-c3ccccc3)n2n1. The first kappa shape index (κ1) is 21.6. The summed E-state index contributed by atoms with van der Waals surface area (Å²) in [7, 11) is 1.25. The second kappa shape index (κ2) is 9.69. The van der Waals surface area contributed by atoms with Crippen LogP contribution in [-0.4, -0.2) is 50.6 Å². The van der Waals surface area contributed by atoms with Gasteiger partial charge in [-0.3, -0.25) is 10.2 Å². The third kappa shape index (κ3) is 4.85. The standard InChI is InChI=1S/C23H21N7O3/c1-15(20(23(32)33-2)24-22(31)17-11-7-4-8-12-17)25-26-18-13-14-19-27-28-21(30(19)29-18)16-9-5-3-6-10-16/h3-14,20H,1-2H3,(H,24,31)(H,26,29)/b25-15+. The Bertz CT molecular complexity index is 1300. The summed E-state index contributed by atoms with van der Waals surface area (Å²) in [5.41, 5.74) is 4.96. The molecule has 4 aromatic rings. The number of benzene rings is 2. The van der Waals surface area contributed by atoms with Gasteiger partial charge in [0.25, 0.3) is 5.91 Å². The summed E-state index contributed by atoms with van der Waals surface area (Å²) in [6.45, 7) is 1.60. The van der Waals surface area contributed by atoms with E-state index in [9.17, 15) is 9.59 Å². The third-order valence-corrected chi connectivity index (χ3v) is 4.81. The van der Waals surface area contributed by atoms with Crippen LogP contribution in [0.5, 0.6) is 0 Å². The molecular formula is C23H21N7O3. The average molecular weight is 443 g/mol. The largest absolute Gasteiger partial charge is 0.467 e. The first-order valence-corrected chi connectivity index (χ1v) is 10.1. The molecule has 33 heavy (non-hydrogen) atoms. The van der Waals surface area contributed by atoms with Crippen LogP contribution in [0.2, 0.25) is 0 Å². The van der Waals surface area contributed by atoms with Crippen molar-refractivity contribution in [3.63, 3.8) is 0 Å². The highest BCUT2D eigenvalue weighted by Crippen LogP contribution is 2.18. The van der Waals surface area contributed by atoms with E-state index in [2.05, 4.69) is 31.1 Å². The van der Waals surface area contributed by atoms with E-state index in [1.165, 1.54) is 7.11 Å². The highest BCUT2D eigenvalue weighted by molar-refractivity contribution is 6.09. The molecule has 0 fully saturated rings. The summed E-state index contributed by atoms with van der Waals surface area (Å²) in [6, 6.07) is 20.5. The summed E-state index contributed by atoms with van der Waals surface area (Å²) in [5, 5.41) is 19.7. The zero-order valence-corrected chi connectivity index (χ0v) is 18.0. The van der Waals surface area contributed by atoms with Crippen LogP contribution in [0.15, 0.2) is 77.9 Å². The number of hydrazone groups is 1. The maximum absolute atomic E-state index is 12.5. The second-order valence-corrected chi connectivity index (χ2v) is 7.04. The molecule has 4 rings (SSSR count). The van der Waals surface area contributed by atoms with Crippen molar-refractivity contribution in [1.29, 1.82) is 0 Å². The summed E-state index contributed by atoms with van der Waals surface area (Å²) in [4.78, 5) is 24.8. The minimum absolute atomic E-state index is 0.292. The number of carbonyl (C=O) groups is 2. The zero-order valence-electron chi connectivity index (χ0n) is 18.0. The Hall–Kier alpha value is -4.60. The van der Waals surface area contributed by atoms with Gasteiger partial charge in [0.05, 0.1) is 12.8 Å². The topological polar surface area (TPSA) is 123 Å². The summed E-state index contributed by atoms with van der Waals surface area (Å²) < 4.78 is 6.43. The molecular weight excluding hydrogens is 422 g/mol. The van der Waals surface area contributed by atoms with E-state index in [0.29, 0.717) is 28.6 Å². The van der Waals surface area contributed by atoms with Crippen molar-refractivity contribution < 1.29 is 14.3 Å². The minimum atomic E-state index is -1.08. The molecule has 0 bridgehead atoms. The Morgan fingerprint density at radius 1 is 0.970 bits per heavy atom. The van der Waals surface area contributed by atoms with Crippen LogP contribution in [0, 0.1) is 0 Å². The highest BCUT2D eigenvalue weighted by atomic mass is 16.5. The monoisotopic (exact) mass is 443 g/mol. The quantitative estimate of drug-likeness (QED) is 0.256. The van der Waals surface area contributed by atoms with Gasteiger partial charge in [-0.25, -0.2) is 4.79 Å². The number of esters is 1. The van der Waals surface area contributed by atoms with Gasteiger partial charge in [0.2, 0.25) is 0 Å². The first-order valence-electron chi connectivity index (χ1n) is 10.1. The van der Waals surface area contributed by atoms with Gasteiger partial charge in [-0.1, -0.05) is 48.5 Å². The fourth-order valence-corrected chi connectivity index (χ4v) is 3.08. The number of methoxy groups -OCH3 is 1. The van der Waals surface area contributed by atoms with E-state index < -0.39 is 17.9 Å². The predicted molar refractivity (Wildman–Crippen MR) is 123 cm³/mol. The number of fused-ring (bicyclic) bond motifs is 1. The molecule has 0 saturated carbocycles. The number of amides is 1. The van der Waals surface area contributed by atoms with Gasteiger partial charge in [-0.15, -0.1) is 15.3 Å². The van der Waals surface area contributed by atoms with Crippen LogP contribution in [0.1, 0.15) is 17.3 Å². The molecule has 0 aliphatic rings. The van der Waals surface area contributed by atoms with Crippen molar-refractivity contribution in [2.45, 2.75) is 13.0 Å². The van der Waals surface area contributed by atoms with Gasteiger partial charge in [0.15, 0.2) is 23.3 Å². The number of nitrogens with one attached hydrogen (secondary N) is 2. The van der Waals surface area contributed by atoms with Crippen molar-refractivity contribution in [2.24, 2.45) is 5.10 Å². The molecule has 10 heteroatoms. The molecule has 2 N–H and O–H groups in total. The number of carbonyl (C=O) groups excluding carboxylic acids is 2. The lowest BCUT2D eigenvalue weighted by Gasteiger charge is -2.16. The van der Waals surface area contributed by atoms with Crippen molar-refractivity contribution in [3.8, 4) is 11.4 Å². The smallest absolute Gasteiger partial charge is 0.334 e. The molecule has 1 unspecified atom stereocenters. The number of aromatic nitrogens is 4. The number of hydrogen-bond donors (Lipinski definition) is 2. The van der Waals surface area contributed by atoms with Crippen LogP contribution < -0.4 is 10.7 Å². The van der Waals surface area contributed by atoms with E-state index in [1.807, 2.05) is 30.3 Å². The molecule has 166 valence electrons. The predicted octanol–water partition coefficient (Wildman–Crippen LogP) is 2.55. The Kier molecular flexibility index (Phi) is 6.35. The number of nitrogens with zero attached hydrogens (tertiary/aromatic N) is 5. The molecule has 1 amide bonds. The minimum Gasteiger partial charge on any atom is -0.467 e. The molecule has 2 aromatic carbocycles. The molecule has 2 aromatic heterocycles. The van der Waals surface area contributed by atoms with E-state index in [0.717, 1.165) is 5.56 Å². The molecule has 1 atom stereocenters. The number of hydrogen-bond acceptors (Lipinski definition) is 8. The molecule has 0 aliphatic heterocycles. The Balaban J connectivity index is 1.55. The summed E-state index contributed by atoms with van der Waals surface area (Å²) in [6.07, 6.45) is 0. The van der Waals surface area contributed by atoms with Gasteiger partial charge >= 0.3 is 5.97 Å². The molecule has 10 nitrogen and oxygen atoms in total. The molecule has 0 radical (unpaired) electrons. The lowest BCUT2D eigenvalue weighted by Crippen LogP contribution is -2.46. The van der Waals surface area contributed by atoms with Gasteiger partial charge in [0, 0.05) is 11.1 Å². The van der Waals surface area contributed by atoms with Gasteiger partial charge < -0.3 is 10.1 Å². The summed E-state index contributed by atoms with van der Waals surface area (Å²) >= 11 is 0. The normalized spacial score (nSPS) is 12.2. The summed E-state index contributed by atoms with van der Waals surface area (Å²) in [5.74, 6) is -0.0812. The van der Waals surface area contributed by atoms with Gasteiger partial charge in [-0.2, -0.15) is 9.62 Å². The van der Waals surface area contributed by atoms with Gasteiger partial charge in [-0.05, 0) is 31.2 Å². The van der Waals surface area contributed by atoms with Crippen LogP contribution in [-0.2, 0) is 9.53 Å². The maximum Gasteiger partial charge on any atom is 0.334 e. The van der Waals surface area contributed by atoms with Crippen LogP contribution in [0.4, 0.5) is 5.82 Å². The van der Waals surface area contributed by atoms with Crippen LogP contribution >= 0.6 is 0 Å².